The van der Waals surface area contributed by atoms with E-state index >= 15 is 0 Å². The van der Waals surface area contributed by atoms with Gasteiger partial charge in [-0.05, 0) is 62.2 Å². The predicted octanol–water partition coefficient (Wildman–Crippen LogP) is 2.04. The summed E-state index contributed by atoms with van der Waals surface area (Å²) in [5.74, 6) is 6.62. The fourth-order valence-electron chi connectivity index (χ4n) is 3.99. The largest absolute Gasteiger partial charge is 0.364 e. The number of carbonyl (C=O) groups is 2. The van der Waals surface area contributed by atoms with Crippen molar-refractivity contribution in [2.24, 2.45) is 5.73 Å². The maximum Gasteiger partial charge on any atom is 0.269 e. The molecule has 1 fully saturated rings. The minimum absolute atomic E-state index is 0.157. The maximum absolute atomic E-state index is 12.6. The molecule has 0 atom stereocenters. The Balaban J connectivity index is 1.59. The molecule has 166 valence electrons. The van der Waals surface area contributed by atoms with E-state index < -0.39 is 5.91 Å². The number of nitrogens with one attached hydrogen (secondary N) is 2. The number of amides is 2. The van der Waals surface area contributed by atoms with E-state index in [1.807, 2.05) is 19.1 Å². The molecule has 0 aliphatic carbocycles. The molecule has 32 heavy (non-hydrogen) atoms. The van der Waals surface area contributed by atoms with E-state index in [0.29, 0.717) is 28.5 Å². The summed E-state index contributed by atoms with van der Waals surface area (Å²) in [6, 6.07) is 10.6. The van der Waals surface area contributed by atoms with E-state index in [0.717, 1.165) is 37.9 Å². The number of pyridine rings is 1. The molecule has 0 unspecified atom stereocenters. The number of rotatable bonds is 6. The number of carbonyl (C=O) groups excluding carboxylic acids is 2. The first-order valence-corrected chi connectivity index (χ1v) is 10.7. The summed E-state index contributed by atoms with van der Waals surface area (Å²) in [6.45, 7) is 3.79. The van der Waals surface area contributed by atoms with Gasteiger partial charge in [-0.15, -0.1) is 0 Å². The number of nitrogens with zero attached hydrogens (tertiary/aromatic N) is 3. The standard InChI is InChI=1S/C23H27N7O2/c1-2-14-7-12-27-18(13-14)28-23(32)17-5-3-15(4-6-17)19-20(21(24)31)30(25)22(29-19)16-8-10-26-11-9-16/h3-7,12-13,16,26H,2,8-11,25H2,1H3,(H2,24,31)(H,27,28,32). The van der Waals surface area contributed by atoms with Gasteiger partial charge in [0.05, 0.1) is 0 Å². The lowest BCUT2D eigenvalue weighted by Gasteiger charge is -2.21. The van der Waals surface area contributed by atoms with Gasteiger partial charge < -0.3 is 22.2 Å². The quantitative estimate of drug-likeness (QED) is 0.439. The predicted molar refractivity (Wildman–Crippen MR) is 123 cm³/mol. The van der Waals surface area contributed by atoms with E-state index in [-0.39, 0.29) is 17.5 Å². The van der Waals surface area contributed by atoms with Crippen LogP contribution in [-0.2, 0) is 6.42 Å². The number of primary amides is 1. The van der Waals surface area contributed by atoms with E-state index in [9.17, 15) is 9.59 Å². The number of aromatic nitrogens is 3. The molecule has 2 amide bonds. The first kappa shape index (κ1) is 21.5. The van der Waals surface area contributed by atoms with Crippen LogP contribution in [0, 0.1) is 0 Å². The molecule has 9 heteroatoms. The van der Waals surface area contributed by atoms with Crippen LogP contribution in [0.15, 0.2) is 42.6 Å². The van der Waals surface area contributed by atoms with E-state index in [1.54, 1.807) is 30.5 Å². The fraction of sp³-hybridized carbons (Fsp3) is 0.304. The van der Waals surface area contributed by atoms with Gasteiger partial charge in [-0.3, -0.25) is 9.59 Å². The fourth-order valence-corrected chi connectivity index (χ4v) is 3.99. The maximum atomic E-state index is 12.6. The summed E-state index contributed by atoms with van der Waals surface area (Å²) in [5, 5.41) is 6.12. The van der Waals surface area contributed by atoms with Gasteiger partial charge in [0.25, 0.3) is 11.8 Å². The van der Waals surface area contributed by atoms with Crippen LogP contribution in [0.25, 0.3) is 11.3 Å². The third-order valence-electron chi connectivity index (χ3n) is 5.77. The highest BCUT2D eigenvalue weighted by Crippen LogP contribution is 2.30. The Bertz CT molecular complexity index is 1130. The Kier molecular flexibility index (Phi) is 6.18. The number of anilines is 1. The van der Waals surface area contributed by atoms with Crippen LogP contribution in [0.1, 0.15) is 57.9 Å². The number of benzene rings is 1. The van der Waals surface area contributed by atoms with Gasteiger partial charge in [-0.1, -0.05) is 19.1 Å². The summed E-state index contributed by atoms with van der Waals surface area (Å²) < 4.78 is 1.32. The van der Waals surface area contributed by atoms with Crippen molar-refractivity contribution in [1.29, 1.82) is 0 Å². The van der Waals surface area contributed by atoms with Crippen molar-refractivity contribution in [3.8, 4) is 11.3 Å². The molecule has 6 N–H and O–H groups in total. The number of imidazole rings is 1. The lowest BCUT2D eigenvalue weighted by Crippen LogP contribution is -2.30. The van der Waals surface area contributed by atoms with Crippen LogP contribution >= 0.6 is 0 Å². The van der Waals surface area contributed by atoms with Gasteiger partial charge in [0.2, 0.25) is 0 Å². The molecule has 1 aliphatic rings. The van der Waals surface area contributed by atoms with Crippen LogP contribution in [0.2, 0.25) is 0 Å². The Labute approximate surface area is 186 Å². The number of nitrogen functional groups attached to an aromatic ring is 1. The summed E-state index contributed by atoms with van der Waals surface area (Å²) in [6.07, 6.45) is 4.30. The second kappa shape index (κ2) is 9.19. The van der Waals surface area contributed by atoms with Gasteiger partial charge in [0.1, 0.15) is 17.3 Å². The van der Waals surface area contributed by atoms with Crippen LogP contribution in [-0.4, -0.2) is 39.5 Å². The van der Waals surface area contributed by atoms with Crippen molar-refractivity contribution in [2.45, 2.75) is 32.1 Å². The van der Waals surface area contributed by atoms with Gasteiger partial charge >= 0.3 is 0 Å². The van der Waals surface area contributed by atoms with E-state index in [2.05, 4.69) is 20.6 Å². The number of aryl methyl sites for hydroxylation is 1. The third-order valence-corrected chi connectivity index (χ3v) is 5.77. The highest BCUT2D eigenvalue weighted by Gasteiger charge is 2.27. The number of piperidine rings is 1. The molecule has 0 saturated carbocycles. The molecule has 2 aromatic heterocycles. The van der Waals surface area contributed by atoms with Crippen molar-refractivity contribution in [3.63, 3.8) is 0 Å². The lowest BCUT2D eigenvalue weighted by molar-refractivity contribution is 0.0991. The zero-order chi connectivity index (χ0) is 22.7. The Hall–Kier alpha value is -3.72. The van der Waals surface area contributed by atoms with Crippen LogP contribution in [0.3, 0.4) is 0 Å². The smallest absolute Gasteiger partial charge is 0.269 e. The van der Waals surface area contributed by atoms with Crippen molar-refractivity contribution in [3.05, 3.63) is 65.2 Å². The van der Waals surface area contributed by atoms with Crippen LogP contribution < -0.4 is 22.2 Å². The summed E-state index contributed by atoms with van der Waals surface area (Å²) in [5.41, 5.74) is 8.43. The molecule has 1 aliphatic heterocycles. The minimum atomic E-state index is -0.640. The normalized spacial score (nSPS) is 14.3. The van der Waals surface area contributed by atoms with E-state index in [1.165, 1.54) is 4.68 Å². The topological polar surface area (TPSA) is 141 Å². The highest BCUT2D eigenvalue weighted by molar-refractivity contribution is 6.04. The Morgan fingerprint density at radius 3 is 2.56 bits per heavy atom. The molecule has 3 heterocycles. The monoisotopic (exact) mass is 433 g/mol. The Morgan fingerprint density at radius 1 is 1.19 bits per heavy atom. The third kappa shape index (κ3) is 4.33. The zero-order valence-electron chi connectivity index (χ0n) is 18.0. The highest BCUT2D eigenvalue weighted by atomic mass is 16.2. The molecule has 4 rings (SSSR count). The Morgan fingerprint density at radius 2 is 1.91 bits per heavy atom. The molecule has 9 nitrogen and oxygen atoms in total. The summed E-state index contributed by atoms with van der Waals surface area (Å²) in [4.78, 5) is 33.6. The first-order valence-electron chi connectivity index (χ1n) is 10.7. The van der Waals surface area contributed by atoms with Crippen LogP contribution in [0.4, 0.5) is 5.82 Å². The lowest BCUT2D eigenvalue weighted by atomic mass is 9.97. The average molecular weight is 434 g/mol. The number of hydrogen-bond donors (Lipinski definition) is 4. The van der Waals surface area contributed by atoms with Crippen molar-refractivity contribution >= 4 is 17.6 Å². The van der Waals surface area contributed by atoms with Crippen molar-refractivity contribution in [1.82, 2.24) is 20.0 Å². The van der Waals surface area contributed by atoms with Crippen LogP contribution in [0.5, 0.6) is 0 Å². The van der Waals surface area contributed by atoms with Gasteiger partial charge in [0, 0.05) is 23.2 Å². The van der Waals surface area contributed by atoms with Gasteiger partial charge in [-0.25, -0.2) is 14.6 Å². The zero-order valence-corrected chi connectivity index (χ0v) is 18.0. The minimum Gasteiger partial charge on any atom is -0.364 e. The van der Waals surface area contributed by atoms with E-state index in [4.69, 9.17) is 11.6 Å². The first-order chi connectivity index (χ1) is 15.5. The van der Waals surface area contributed by atoms with Crippen molar-refractivity contribution in [2.75, 3.05) is 24.2 Å². The summed E-state index contributed by atoms with van der Waals surface area (Å²) in [7, 11) is 0. The second-order valence-electron chi connectivity index (χ2n) is 7.86. The molecule has 3 aromatic rings. The van der Waals surface area contributed by atoms with Crippen molar-refractivity contribution < 1.29 is 9.59 Å². The molecule has 0 spiro atoms. The summed E-state index contributed by atoms with van der Waals surface area (Å²) >= 11 is 0. The van der Waals surface area contributed by atoms with Gasteiger partial charge in [-0.2, -0.15) is 0 Å². The average Bonchev–Trinajstić information content (AvgIpc) is 3.17. The molecule has 1 saturated heterocycles. The number of hydrogen-bond acceptors (Lipinski definition) is 6. The molecule has 0 radical (unpaired) electrons. The molecular formula is C23H27N7O2. The molecule has 0 bridgehead atoms. The van der Waals surface area contributed by atoms with Gasteiger partial charge in [0.15, 0.2) is 5.69 Å². The second-order valence-corrected chi connectivity index (χ2v) is 7.86. The molecular weight excluding hydrogens is 406 g/mol. The molecule has 1 aromatic carbocycles. The SMILES string of the molecule is CCc1ccnc(NC(=O)c2ccc(-c3nc(C4CCNCC4)n(N)c3C(N)=O)cc2)c1. The number of nitrogens with two attached hydrogens (primary N) is 2.